The molecule has 278 valence electrons. The molecular formula is C27H31N9O14P2. The number of anilines is 1. The molecule has 52 heavy (non-hydrogen) atoms. The highest BCUT2D eigenvalue weighted by atomic mass is 31.3. The van der Waals surface area contributed by atoms with Crippen molar-refractivity contribution in [3.05, 3.63) is 56.8 Å². The van der Waals surface area contributed by atoms with Gasteiger partial charge in [0.1, 0.15) is 48.5 Å². The largest absolute Gasteiger partial charge is 0.484 e. The summed E-state index contributed by atoms with van der Waals surface area (Å²) >= 11 is 0. The number of hydrogen-bond acceptors (Lipinski definition) is 19. The summed E-state index contributed by atoms with van der Waals surface area (Å²) in [5, 5.41) is 43.2. The van der Waals surface area contributed by atoms with E-state index in [9.17, 15) is 44.0 Å². The Balaban J connectivity index is 1.01. The number of nitrogens with zero attached hydrogens (tertiary/aromatic N) is 7. The normalized spacial score (nSPS) is 27.4. The fourth-order valence-electron chi connectivity index (χ4n) is 5.84. The number of H-pyrrole nitrogens is 1. The van der Waals surface area contributed by atoms with Crippen LogP contribution in [0.3, 0.4) is 0 Å². The lowest BCUT2D eigenvalue weighted by molar-refractivity contribution is -0.0518. The number of nitrogens with one attached hydrogen (secondary N) is 1. The van der Waals surface area contributed by atoms with Gasteiger partial charge in [-0.2, -0.15) is 9.29 Å². The summed E-state index contributed by atoms with van der Waals surface area (Å²) in [6.07, 6.45) is -8.71. The maximum atomic E-state index is 13.2. The molecule has 7 rings (SSSR count). The van der Waals surface area contributed by atoms with Crippen molar-refractivity contribution in [1.82, 2.24) is 39.0 Å². The maximum Gasteiger partial charge on any atom is 0.484 e. The number of phosphoric ester groups is 2. The minimum Gasteiger partial charge on any atom is -0.388 e. The second kappa shape index (κ2) is 13.4. The van der Waals surface area contributed by atoms with Gasteiger partial charge in [0.2, 0.25) is 0 Å². The Kier molecular flexibility index (Phi) is 9.35. The van der Waals surface area contributed by atoms with E-state index in [0.717, 1.165) is 17.5 Å². The standard InChI is InChI=1S/C27H31N9O14P2/c1-10-3-12-13(4-11(10)2)35(24-18(32-12)25(41)34-27(42)33-24)5-14(37)19(38)16-7-47-52(45,49-16)50-51(43,44)46-6-15-20(39)21(40)26(48-15)36-9-31-17-22(28)29-8-30-23(17)36/h3-4,8-9,14-16,19-21,26,37-40H,5-7H2,1-2H3,(H,43,44)(H2,28,29,30)(H,34,41,42). The number of aliphatic hydroxyl groups is 4. The molecule has 2 fully saturated rings. The van der Waals surface area contributed by atoms with Crippen LogP contribution in [0, 0.1) is 13.8 Å². The Labute approximate surface area is 290 Å². The molecular weight excluding hydrogens is 736 g/mol. The van der Waals surface area contributed by atoms with Gasteiger partial charge >= 0.3 is 21.3 Å². The Morgan fingerprint density at radius 3 is 2.65 bits per heavy atom. The van der Waals surface area contributed by atoms with Gasteiger partial charge < -0.3 is 40.4 Å². The fourth-order valence-corrected chi connectivity index (χ4v) is 8.63. The van der Waals surface area contributed by atoms with Gasteiger partial charge in [-0.1, -0.05) is 0 Å². The Morgan fingerprint density at radius 2 is 1.88 bits per heavy atom. The summed E-state index contributed by atoms with van der Waals surface area (Å²) < 4.78 is 53.9. The summed E-state index contributed by atoms with van der Waals surface area (Å²) in [6.45, 7) is 1.62. The zero-order chi connectivity index (χ0) is 37.3. The summed E-state index contributed by atoms with van der Waals surface area (Å²) in [7, 11) is -10.2. The fraction of sp³-hybridized carbons (Fsp3) is 0.444. The van der Waals surface area contributed by atoms with E-state index in [1.54, 1.807) is 12.1 Å². The van der Waals surface area contributed by atoms with Gasteiger partial charge in [-0.15, -0.1) is 0 Å². The van der Waals surface area contributed by atoms with E-state index in [-0.39, 0.29) is 28.5 Å². The lowest BCUT2D eigenvalue weighted by Gasteiger charge is -2.25. The van der Waals surface area contributed by atoms with E-state index in [4.69, 9.17) is 24.0 Å². The van der Waals surface area contributed by atoms with Crippen LogP contribution in [0.15, 0.2) is 34.4 Å². The summed E-state index contributed by atoms with van der Waals surface area (Å²) in [5.74, 6) is -0.126. The van der Waals surface area contributed by atoms with Gasteiger partial charge in [-0.25, -0.2) is 33.9 Å². The van der Waals surface area contributed by atoms with Gasteiger partial charge in [0.25, 0.3) is 5.56 Å². The molecule has 0 spiro atoms. The quantitative estimate of drug-likeness (QED) is 0.0636. The molecule has 23 nitrogen and oxygen atoms in total. The van der Waals surface area contributed by atoms with Gasteiger partial charge in [0, 0.05) is 0 Å². The van der Waals surface area contributed by atoms with Gasteiger partial charge in [0.05, 0.1) is 37.1 Å². The molecule has 2 saturated heterocycles. The minimum absolute atomic E-state index is 0.0551. The molecule has 2 aromatic heterocycles. The smallest absolute Gasteiger partial charge is 0.388 e. The van der Waals surface area contributed by atoms with Crippen LogP contribution in [0.1, 0.15) is 17.4 Å². The molecule has 1 aromatic carbocycles. The molecule has 0 aliphatic carbocycles. The van der Waals surface area contributed by atoms with Crippen LogP contribution in [-0.2, 0) is 38.3 Å². The third-order valence-corrected chi connectivity index (χ3v) is 11.7. The first-order chi connectivity index (χ1) is 24.5. The van der Waals surface area contributed by atoms with E-state index < -0.39 is 89.5 Å². The number of aliphatic hydroxyl groups excluding tert-OH is 4. The number of imidazole rings is 1. The van der Waals surface area contributed by atoms with Crippen molar-refractivity contribution in [2.24, 2.45) is 0 Å². The van der Waals surface area contributed by atoms with Crippen molar-refractivity contribution in [3.63, 3.8) is 0 Å². The maximum absolute atomic E-state index is 13.2. The van der Waals surface area contributed by atoms with Crippen LogP contribution in [0.5, 0.6) is 0 Å². The number of aromatic nitrogens is 8. The zero-order valence-corrected chi connectivity index (χ0v) is 28.8. The van der Waals surface area contributed by atoms with Crippen molar-refractivity contribution in [3.8, 4) is 11.5 Å². The van der Waals surface area contributed by atoms with Crippen LogP contribution in [-0.4, -0.2) is 114 Å². The SMILES string of the molecule is Cc1cc2nc3c(=O)[nH]c(=O)nc-3n(CC(O)C(O)C3COP(=O)(OP(=O)(O)OCC4OC(n5cnc6c(N)ncnc65)C(O)C4O)O3)c2cc1C. The average molecular weight is 768 g/mol. The first-order valence-corrected chi connectivity index (χ1v) is 18.3. The van der Waals surface area contributed by atoms with Crippen molar-refractivity contribution in [1.29, 1.82) is 0 Å². The number of phosphoric acid groups is 2. The molecule has 0 saturated carbocycles. The molecule has 6 heterocycles. The lowest BCUT2D eigenvalue weighted by Crippen LogP contribution is -2.41. The molecule has 0 radical (unpaired) electrons. The van der Waals surface area contributed by atoms with Crippen molar-refractivity contribution in [2.45, 2.75) is 63.2 Å². The number of hydrogen-bond donors (Lipinski definition) is 7. The number of nitrogens with two attached hydrogens (primary N) is 1. The molecule has 4 aliphatic rings. The second-order valence-corrected chi connectivity index (χ2v) is 15.3. The number of ether oxygens (including phenoxy) is 1. The van der Waals surface area contributed by atoms with Gasteiger partial charge in [-0.05, 0) is 37.1 Å². The van der Waals surface area contributed by atoms with E-state index in [1.165, 1.54) is 15.5 Å². The van der Waals surface area contributed by atoms with Crippen LogP contribution in [0.25, 0.3) is 33.7 Å². The molecule has 0 bridgehead atoms. The van der Waals surface area contributed by atoms with Crippen LogP contribution >= 0.6 is 15.6 Å². The van der Waals surface area contributed by atoms with E-state index in [0.29, 0.717) is 11.0 Å². The van der Waals surface area contributed by atoms with Crippen molar-refractivity contribution >= 4 is 43.7 Å². The average Bonchev–Trinajstić information content (AvgIpc) is 3.76. The summed E-state index contributed by atoms with van der Waals surface area (Å²) in [5.41, 5.74) is 6.51. The Morgan fingerprint density at radius 1 is 1.13 bits per heavy atom. The predicted molar refractivity (Wildman–Crippen MR) is 173 cm³/mol. The predicted octanol–water partition coefficient (Wildman–Crippen LogP) is -1.38. The van der Waals surface area contributed by atoms with Crippen LogP contribution in [0.2, 0.25) is 0 Å². The number of fused-ring (bicyclic) bond motifs is 3. The Bertz CT molecular complexity index is 2370. The third-order valence-electron chi connectivity index (χ3n) is 8.63. The number of aromatic amines is 1. The molecule has 9 atom stereocenters. The number of aryl methyl sites for hydroxylation is 2. The number of nitrogen functional groups attached to an aromatic ring is 1. The third kappa shape index (κ3) is 6.66. The lowest BCUT2D eigenvalue weighted by atomic mass is 10.1. The van der Waals surface area contributed by atoms with E-state index in [1.807, 2.05) is 18.8 Å². The molecule has 3 aromatic rings. The molecule has 25 heteroatoms. The highest BCUT2D eigenvalue weighted by Crippen LogP contribution is 2.66. The van der Waals surface area contributed by atoms with Gasteiger partial charge in [-0.3, -0.25) is 27.9 Å². The van der Waals surface area contributed by atoms with Crippen molar-refractivity contribution in [2.75, 3.05) is 18.9 Å². The molecule has 4 aliphatic heterocycles. The minimum atomic E-state index is -5.31. The molecule has 9 unspecified atom stereocenters. The molecule has 8 N–H and O–H groups in total. The highest BCUT2D eigenvalue weighted by Gasteiger charge is 2.50. The summed E-state index contributed by atoms with van der Waals surface area (Å²) in [4.78, 5) is 57.2. The monoisotopic (exact) mass is 767 g/mol. The zero-order valence-electron chi connectivity index (χ0n) is 27.0. The highest BCUT2D eigenvalue weighted by molar-refractivity contribution is 7.61. The first-order valence-electron chi connectivity index (χ1n) is 15.4. The number of benzene rings is 1. The molecule has 0 amide bonds. The Hall–Kier alpha value is -4.09. The number of rotatable bonds is 10. The second-order valence-electron chi connectivity index (χ2n) is 12.1. The summed E-state index contributed by atoms with van der Waals surface area (Å²) in [6, 6.07) is 3.39. The van der Waals surface area contributed by atoms with Gasteiger partial charge in [0.15, 0.2) is 29.2 Å². The first kappa shape index (κ1) is 36.3. The topological polar surface area (TPSA) is 332 Å². The van der Waals surface area contributed by atoms with Crippen LogP contribution in [0.4, 0.5) is 5.82 Å². The van der Waals surface area contributed by atoms with E-state index >= 15 is 0 Å². The van der Waals surface area contributed by atoms with Crippen LogP contribution < -0.4 is 17.0 Å². The van der Waals surface area contributed by atoms with Crippen molar-refractivity contribution < 1.29 is 57.1 Å². The van der Waals surface area contributed by atoms with E-state index in [2.05, 4.69) is 29.2 Å².